The molecule has 7 heteroatoms. The number of thiazole rings is 1. The second-order valence-electron chi connectivity index (χ2n) is 11.5. The SMILES string of the molecule is C=CCn1c(=CC2=[N+](C)C(c3ccccc3)C(c3ccccc3)S2)sc(=O)c1=C(C=C1Sc2ccccc2N1CC)c1ccccc1. The largest absolute Gasteiger partial charge is 0.335 e. The predicted molar refractivity (Wildman–Crippen MR) is 202 cm³/mol. The van der Waals surface area contributed by atoms with E-state index in [2.05, 4.69) is 144 Å². The lowest BCUT2D eigenvalue weighted by Crippen LogP contribution is -2.34. The third-order valence-electron chi connectivity index (χ3n) is 8.61. The summed E-state index contributed by atoms with van der Waals surface area (Å²) in [4.78, 5) is 17.7. The van der Waals surface area contributed by atoms with Crippen LogP contribution in [0.15, 0.2) is 149 Å². The summed E-state index contributed by atoms with van der Waals surface area (Å²) in [6.07, 6.45) is 6.30. The van der Waals surface area contributed by atoms with Crippen molar-refractivity contribution < 1.29 is 4.58 Å². The Kier molecular flexibility index (Phi) is 9.21. The highest BCUT2D eigenvalue weighted by atomic mass is 32.2. The van der Waals surface area contributed by atoms with Crippen molar-refractivity contribution in [2.45, 2.75) is 29.7 Å². The lowest BCUT2D eigenvalue weighted by molar-refractivity contribution is -0.537. The van der Waals surface area contributed by atoms with E-state index in [9.17, 15) is 4.79 Å². The van der Waals surface area contributed by atoms with E-state index in [-0.39, 0.29) is 16.0 Å². The fourth-order valence-corrected chi connectivity index (χ4v) is 10.1. The molecule has 2 atom stereocenters. The normalized spacial score (nSPS) is 19.4. The molecular formula is C40H36N3OS3+. The second-order valence-corrected chi connectivity index (χ2v) is 14.7. The molecule has 4 aromatic carbocycles. The van der Waals surface area contributed by atoms with Gasteiger partial charge in [-0.2, -0.15) is 0 Å². The van der Waals surface area contributed by atoms with E-state index in [0.717, 1.165) is 32.4 Å². The van der Waals surface area contributed by atoms with Gasteiger partial charge < -0.3 is 9.47 Å². The number of benzene rings is 4. The Bertz CT molecular complexity index is 2170. The Morgan fingerprint density at radius 3 is 2.19 bits per heavy atom. The second kappa shape index (κ2) is 13.8. The van der Waals surface area contributed by atoms with Crippen LogP contribution in [-0.4, -0.2) is 27.8 Å². The van der Waals surface area contributed by atoms with Gasteiger partial charge in [0.05, 0.1) is 16.8 Å². The molecule has 0 fully saturated rings. The van der Waals surface area contributed by atoms with E-state index in [1.54, 1.807) is 11.8 Å². The molecule has 5 aromatic rings. The van der Waals surface area contributed by atoms with Crippen molar-refractivity contribution >= 4 is 57.2 Å². The van der Waals surface area contributed by atoms with Gasteiger partial charge in [0.15, 0.2) is 6.04 Å². The highest BCUT2D eigenvalue weighted by Crippen LogP contribution is 2.48. The minimum absolute atomic E-state index is 0.0443. The summed E-state index contributed by atoms with van der Waals surface area (Å²) >= 11 is 4.93. The van der Waals surface area contributed by atoms with Gasteiger partial charge in [0, 0.05) is 29.1 Å². The van der Waals surface area contributed by atoms with E-state index in [1.807, 2.05) is 36.0 Å². The molecule has 0 saturated heterocycles. The Morgan fingerprint density at radius 2 is 1.51 bits per heavy atom. The van der Waals surface area contributed by atoms with Crippen LogP contribution in [0.25, 0.3) is 11.6 Å². The molecular weight excluding hydrogens is 635 g/mol. The van der Waals surface area contributed by atoms with E-state index >= 15 is 0 Å². The summed E-state index contributed by atoms with van der Waals surface area (Å²) in [7, 11) is 2.17. The molecule has 0 N–H and O–H groups in total. The van der Waals surface area contributed by atoms with Crippen molar-refractivity contribution in [2.75, 3.05) is 18.5 Å². The number of aromatic nitrogens is 1. The van der Waals surface area contributed by atoms with Gasteiger partial charge >= 0.3 is 0 Å². The number of allylic oxidation sites excluding steroid dienone is 2. The van der Waals surface area contributed by atoms with Crippen molar-refractivity contribution in [3.05, 3.63) is 175 Å². The van der Waals surface area contributed by atoms with Crippen LogP contribution >= 0.6 is 34.9 Å². The minimum atomic E-state index is 0.0443. The van der Waals surface area contributed by atoms with Crippen molar-refractivity contribution in [1.29, 1.82) is 0 Å². The van der Waals surface area contributed by atoms with Crippen LogP contribution < -0.4 is 19.7 Å². The molecule has 0 saturated carbocycles. The van der Waals surface area contributed by atoms with Crippen LogP contribution in [0, 0.1) is 0 Å². The number of nitrogens with zero attached hydrogens (tertiary/aromatic N) is 3. The summed E-state index contributed by atoms with van der Waals surface area (Å²) in [5.74, 6) is 0. The molecule has 1 aromatic heterocycles. The van der Waals surface area contributed by atoms with Gasteiger partial charge in [0.1, 0.15) is 22.3 Å². The summed E-state index contributed by atoms with van der Waals surface area (Å²) in [6, 6.07) is 40.4. The van der Waals surface area contributed by atoms with Gasteiger partial charge in [-0.3, -0.25) is 4.79 Å². The Morgan fingerprint density at radius 1 is 0.872 bits per heavy atom. The number of hydrogen-bond acceptors (Lipinski definition) is 5. The average molecular weight is 671 g/mol. The molecule has 0 spiro atoms. The van der Waals surface area contributed by atoms with E-state index in [1.165, 1.54) is 33.0 Å². The van der Waals surface area contributed by atoms with Crippen LogP contribution in [0.3, 0.4) is 0 Å². The number of anilines is 1. The third-order valence-corrected chi connectivity index (χ3v) is 12.1. The fourth-order valence-electron chi connectivity index (χ4n) is 6.41. The molecule has 0 aliphatic carbocycles. The van der Waals surface area contributed by atoms with E-state index < -0.39 is 0 Å². The maximum Gasteiger partial charge on any atom is 0.258 e. The monoisotopic (exact) mass is 670 g/mol. The Balaban J connectivity index is 1.43. The molecule has 0 radical (unpaired) electrons. The quantitative estimate of drug-likeness (QED) is 0.124. The molecule has 0 amide bonds. The zero-order valence-corrected chi connectivity index (χ0v) is 28.9. The molecule has 2 unspecified atom stereocenters. The summed E-state index contributed by atoms with van der Waals surface area (Å²) in [6.45, 7) is 7.63. The Hall–Kier alpha value is -4.30. The lowest BCUT2D eigenvalue weighted by atomic mass is 9.98. The van der Waals surface area contributed by atoms with Crippen molar-refractivity contribution in [2.24, 2.45) is 0 Å². The van der Waals surface area contributed by atoms with Gasteiger partial charge in [0.2, 0.25) is 5.04 Å². The van der Waals surface area contributed by atoms with Crippen LogP contribution in [0.1, 0.15) is 34.9 Å². The van der Waals surface area contributed by atoms with Gasteiger partial charge in [-0.15, -0.1) is 6.58 Å². The number of hydrogen-bond donors (Lipinski definition) is 0. The smallest absolute Gasteiger partial charge is 0.258 e. The van der Waals surface area contributed by atoms with Crippen LogP contribution in [0.4, 0.5) is 5.69 Å². The first-order valence-electron chi connectivity index (χ1n) is 15.8. The van der Waals surface area contributed by atoms with Crippen molar-refractivity contribution in [3.63, 3.8) is 0 Å². The van der Waals surface area contributed by atoms with Crippen molar-refractivity contribution in [1.82, 2.24) is 4.57 Å². The first-order valence-corrected chi connectivity index (χ1v) is 18.3. The van der Waals surface area contributed by atoms with E-state index in [4.69, 9.17) is 0 Å². The van der Waals surface area contributed by atoms with Crippen LogP contribution in [0.2, 0.25) is 0 Å². The number of thioether (sulfide) groups is 2. The topological polar surface area (TPSA) is 28.2 Å². The molecule has 234 valence electrons. The predicted octanol–water partition coefficient (Wildman–Crippen LogP) is 7.82. The molecule has 4 nitrogen and oxygen atoms in total. The summed E-state index contributed by atoms with van der Waals surface area (Å²) in [5.41, 5.74) is 5.71. The maximum absolute atomic E-state index is 14.2. The standard InChI is InChI=1S/C40H36N3OS3/c1-4-25-43-36(27-34-41(3)37(29-19-11-7-12-20-29)39(46-34)30-21-13-8-14-22-30)47-40(44)38(43)31(28-17-9-6-10-18-28)26-35-42(5-2)32-23-15-16-24-33(32)45-35/h4,6-24,26-27,37,39H,1,5,25H2,2-3H3/q+1. The lowest BCUT2D eigenvalue weighted by Gasteiger charge is -2.18. The zero-order chi connectivity index (χ0) is 32.3. The van der Waals surface area contributed by atoms with Crippen molar-refractivity contribution in [3.8, 4) is 0 Å². The highest BCUT2D eigenvalue weighted by Gasteiger charge is 2.42. The van der Waals surface area contributed by atoms with Crippen LogP contribution in [-0.2, 0) is 6.54 Å². The number of likely N-dealkylation sites (N-methyl/N-ethyl adjacent to an activating group) is 1. The number of fused-ring (bicyclic) bond motifs is 1. The molecule has 3 heterocycles. The molecule has 2 aliphatic heterocycles. The Labute approximate surface area is 288 Å². The molecule has 7 rings (SSSR count). The first kappa shape index (κ1) is 31.3. The minimum Gasteiger partial charge on any atom is -0.335 e. The summed E-state index contributed by atoms with van der Waals surface area (Å²) < 4.78 is 5.48. The maximum atomic E-state index is 14.2. The zero-order valence-electron chi connectivity index (χ0n) is 26.5. The fraction of sp³-hybridized carbons (Fsp3) is 0.150. The third kappa shape index (κ3) is 6.11. The number of rotatable bonds is 8. The van der Waals surface area contributed by atoms with E-state index in [0.29, 0.717) is 11.9 Å². The van der Waals surface area contributed by atoms with Crippen LogP contribution in [0.5, 0.6) is 0 Å². The van der Waals surface area contributed by atoms with Gasteiger partial charge in [-0.25, -0.2) is 4.58 Å². The number of para-hydroxylation sites is 1. The first-order chi connectivity index (χ1) is 23.1. The van der Waals surface area contributed by atoms with Gasteiger partial charge in [-0.05, 0) is 48.0 Å². The molecule has 0 bridgehead atoms. The molecule has 2 aliphatic rings. The van der Waals surface area contributed by atoms with Gasteiger partial charge in [-0.1, -0.05) is 132 Å². The molecule has 47 heavy (non-hydrogen) atoms. The average Bonchev–Trinajstić information content (AvgIpc) is 3.74. The highest BCUT2D eigenvalue weighted by molar-refractivity contribution is 8.15. The van der Waals surface area contributed by atoms with Gasteiger partial charge in [0.25, 0.3) is 4.74 Å². The summed E-state index contributed by atoms with van der Waals surface area (Å²) in [5, 5.41) is 3.16.